The fourth-order valence-electron chi connectivity index (χ4n) is 1.96. The van der Waals surface area contributed by atoms with Crippen LogP contribution in [0.5, 0.6) is 0 Å². The van der Waals surface area contributed by atoms with E-state index in [1.807, 2.05) is 0 Å². The van der Waals surface area contributed by atoms with Crippen molar-refractivity contribution < 1.29 is 13.3 Å². The lowest BCUT2D eigenvalue weighted by Gasteiger charge is -2.26. The van der Waals surface area contributed by atoms with Crippen LogP contribution in [0.15, 0.2) is 12.1 Å². The highest BCUT2D eigenvalue weighted by Gasteiger charge is 2.38. The molecule has 96 valence electrons. The minimum atomic E-state index is -2.54. The molecule has 0 atom stereocenters. The number of hydrogen-bond donors (Lipinski definition) is 0. The van der Waals surface area contributed by atoms with E-state index in [-0.39, 0.29) is 0 Å². The fourth-order valence-corrected chi connectivity index (χ4v) is 3.87. The highest BCUT2D eigenvalue weighted by Crippen LogP contribution is 2.23. The van der Waals surface area contributed by atoms with Crippen molar-refractivity contribution in [3.63, 3.8) is 0 Å². The predicted molar refractivity (Wildman–Crippen MR) is 71.1 cm³/mol. The topological polar surface area (TPSA) is 27.7 Å². The van der Waals surface area contributed by atoms with E-state index in [0.29, 0.717) is 0 Å². The van der Waals surface area contributed by atoms with Gasteiger partial charge in [0.15, 0.2) is 0 Å². The van der Waals surface area contributed by atoms with Crippen molar-refractivity contribution in [1.29, 1.82) is 0 Å². The Kier molecular flexibility index (Phi) is 4.88. The summed E-state index contributed by atoms with van der Waals surface area (Å²) in [6, 6.07) is 5.00. The zero-order chi connectivity index (χ0) is 13.1. The molecule has 0 fully saturated rings. The summed E-state index contributed by atoms with van der Waals surface area (Å²) >= 11 is 0. The first-order valence-corrected chi connectivity index (χ1v) is 7.64. The van der Waals surface area contributed by atoms with Crippen LogP contribution in [0.3, 0.4) is 0 Å². The Balaban J connectivity index is 3.13. The van der Waals surface area contributed by atoms with Crippen molar-refractivity contribution in [1.82, 2.24) is 0 Å². The molecule has 0 spiro atoms. The highest BCUT2D eigenvalue weighted by molar-refractivity contribution is 6.60. The molecule has 0 aliphatic heterocycles. The van der Waals surface area contributed by atoms with Crippen molar-refractivity contribution in [2.75, 3.05) is 21.3 Å². The van der Waals surface area contributed by atoms with Gasteiger partial charge in [-0.05, 0) is 43.0 Å². The Morgan fingerprint density at radius 3 is 1.82 bits per heavy atom. The molecule has 0 aliphatic rings. The third kappa shape index (κ3) is 2.96. The van der Waals surface area contributed by atoms with Gasteiger partial charge in [0.2, 0.25) is 0 Å². The summed E-state index contributed by atoms with van der Waals surface area (Å²) in [4.78, 5) is 0. The molecule has 0 radical (unpaired) electrons. The molecule has 1 aromatic rings. The summed E-state index contributed by atoms with van der Waals surface area (Å²) in [6.07, 6.45) is 0. The maximum absolute atomic E-state index is 5.48. The third-order valence-corrected chi connectivity index (χ3v) is 6.08. The van der Waals surface area contributed by atoms with Gasteiger partial charge in [0.1, 0.15) is 0 Å². The largest absolute Gasteiger partial charge is 0.504 e. The standard InChI is InChI=1S/C13H22O3Si/c1-10-7-8-11(2)13(12(10)3)9-17(14-4,15-5)16-6/h7-8H,9H2,1-6H3. The van der Waals surface area contributed by atoms with Gasteiger partial charge >= 0.3 is 8.80 Å². The summed E-state index contributed by atoms with van der Waals surface area (Å²) < 4.78 is 16.5. The maximum Gasteiger partial charge on any atom is 0.504 e. The third-order valence-electron chi connectivity index (χ3n) is 3.43. The van der Waals surface area contributed by atoms with E-state index >= 15 is 0 Å². The second-order valence-electron chi connectivity index (χ2n) is 4.28. The molecule has 0 aromatic heterocycles. The lowest BCUT2D eigenvalue weighted by molar-refractivity contribution is 0.122. The van der Waals surface area contributed by atoms with E-state index < -0.39 is 8.80 Å². The van der Waals surface area contributed by atoms with Gasteiger partial charge in [-0.15, -0.1) is 0 Å². The Labute approximate surface area is 105 Å². The van der Waals surface area contributed by atoms with Crippen molar-refractivity contribution >= 4 is 8.80 Å². The Hall–Kier alpha value is -0.683. The van der Waals surface area contributed by atoms with E-state index in [2.05, 4.69) is 32.9 Å². The average molecular weight is 254 g/mol. The van der Waals surface area contributed by atoms with Gasteiger partial charge in [-0.25, -0.2) is 0 Å². The number of aryl methyl sites for hydroxylation is 2. The fraction of sp³-hybridized carbons (Fsp3) is 0.538. The lowest BCUT2D eigenvalue weighted by atomic mass is 10.00. The molecule has 0 unspecified atom stereocenters. The molecule has 1 aromatic carbocycles. The van der Waals surface area contributed by atoms with Gasteiger partial charge in [-0.3, -0.25) is 0 Å². The first-order chi connectivity index (χ1) is 7.99. The Bertz CT molecular complexity index is 378. The molecule has 0 bridgehead atoms. The zero-order valence-corrected chi connectivity index (χ0v) is 12.6. The molecule has 1 rings (SSSR count). The number of rotatable bonds is 5. The molecular formula is C13H22O3Si. The van der Waals surface area contributed by atoms with Crippen molar-refractivity contribution in [3.05, 3.63) is 34.4 Å². The second-order valence-corrected chi connectivity index (χ2v) is 7.22. The van der Waals surface area contributed by atoms with E-state index in [1.54, 1.807) is 21.3 Å². The highest BCUT2D eigenvalue weighted by atomic mass is 28.4. The molecule has 0 N–H and O–H groups in total. The quantitative estimate of drug-likeness (QED) is 0.756. The monoisotopic (exact) mass is 254 g/mol. The zero-order valence-electron chi connectivity index (χ0n) is 11.6. The normalized spacial score (nSPS) is 11.9. The number of benzene rings is 1. The van der Waals surface area contributed by atoms with Crippen molar-refractivity contribution in [2.45, 2.75) is 26.8 Å². The van der Waals surface area contributed by atoms with Crippen LogP contribution in [0.2, 0.25) is 0 Å². The van der Waals surface area contributed by atoms with Crippen LogP contribution in [-0.2, 0) is 19.3 Å². The van der Waals surface area contributed by atoms with Crippen LogP contribution in [-0.4, -0.2) is 30.1 Å². The minimum Gasteiger partial charge on any atom is -0.377 e. The SMILES string of the molecule is CO[Si](Cc1c(C)ccc(C)c1C)(OC)OC. The molecular weight excluding hydrogens is 232 g/mol. The predicted octanol–water partition coefficient (Wildman–Crippen LogP) is 2.57. The summed E-state index contributed by atoms with van der Waals surface area (Å²) in [7, 11) is 2.41. The Morgan fingerprint density at radius 1 is 0.882 bits per heavy atom. The smallest absolute Gasteiger partial charge is 0.377 e. The summed E-state index contributed by atoms with van der Waals surface area (Å²) in [6.45, 7) is 6.37. The summed E-state index contributed by atoms with van der Waals surface area (Å²) in [5, 5.41) is 0. The van der Waals surface area contributed by atoms with Gasteiger partial charge in [-0.2, -0.15) is 0 Å². The molecule has 3 nitrogen and oxygen atoms in total. The number of hydrogen-bond acceptors (Lipinski definition) is 3. The van der Waals surface area contributed by atoms with Gasteiger partial charge in [0, 0.05) is 27.4 Å². The van der Waals surface area contributed by atoms with Crippen LogP contribution >= 0.6 is 0 Å². The van der Waals surface area contributed by atoms with E-state index in [1.165, 1.54) is 22.3 Å². The van der Waals surface area contributed by atoms with Gasteiger partial charge in [0.25, 0.3) is 0 Å². The van der Waals surface area contributed by atoms with Gasteiger partial charge < -0.3 is 13.3 Å². The average Bonchev–Trinajstić information content (AvgIpc) is 2.36. The molecule has 17 heavy (non-hydrogen) atoms. The van der Waals surface area contributed by atoms with Crippen LogP contribution < -0.4 is 0 Å². The van der Waals surface area contributed by atoms with Crippen LogP contribution in [0.25, 0.3) is 0 Å². The molecule has 0 saturated heterocycles. The molecule has 0 aliphatic carbocycles. The van der Waals surface area contributed by atoms with E-state index in [0.717, 1.165) is 6.04 Å². The molecule has 0 amide bonds. The van der Waals surface area contributed by atoms with E-state index in [9.17, 15) is 0 Å². The van der Waals surface area contributed by atoms with Gasteiger partial charge in [-0.1, -0.05) is 12.1 Å². The molecule has 0 saturated carbocycles. The Morgan fingerprint density at radius 2 is 1.35 bits per heavy atom. The van der Waals surface area contributed by atoms with Gasteiger partial charge in [0.05, 0.1) is 0 Å². The van der Waals surface area contributed by atoms with Crippen LogP contribution in [0.1, 0.15) is 22.3 Å². The summed E-state index contributed by atoms with van der Waals surface area (Å²) in [5.41, 5.74) is 5.13. The first-order valence-electron chi connectivity index (χ1n) is 5.70. The second kappa shape index (κ2) is 5.77. The summed E-state index contributed by atoms with van der Waals surface area (Å²) in [5.74, 6) is 0. The van der Waals surface area contributed by atoms with Crippen LogP contribution in [0.4, 0.5) is 0 Å². The molecule has 4 heteroatoms. The lowest BCUT2D eigenvalue weighted by Crippen LogP contribution is -2.46. The van der Waals surface area contributed by atoms with Crippen molar-refractivity contribution in [2.24, 2.45) is 0 Å². The van der Waals surface area contributed by atoms with E-state index in [4.69, 9.17) is 13.3 Å². The molecule has 0 heterocycles. The van der Waals surface area contributed by atoms with Crippen molar-refractivity contribution in [3.8, 4) is 0 Å². The maximum atomic E-state index is 5.48. The van der Waals surface area contributed by atoms with Crippen LogP contribution in [0, 0.1) is 20.8 Å². The first kappa shape index (κ1) is 14.4. The minimum absolute atomic E-state index is 0.718.